The molecule has 4 aromatic rings. The number of fused-ring (bicyclic) bond motifs is 3. The summed E-state index contributed by atoms with van der Waals surface area (Å²) in [5, 5.41) is 2.74. The molecule has 0 amide bonds. The number of H-pyrrole nitrogens is 1. The van der Waals surface area contributed by atoms with Crippen molar-refractivity contribution >= 4 is 39.4 Å². The van der Waals surface area contributed by atoms with Crippen molar-refractivity contribution in [3.63, 3.8) is 0 Å². The van der Waals surface area contributed by atoms with Gasteiger partial charge in [-0.15, -0.1) is 0 Å². The Hall–Kier alpha value is -2.78. The fourth-order valence-electron chi connectivity index (χ4n) is 3.10. The minimum Gasteiger partial charge on any atom is -0.465 e. The number of halogens is 1. The summed E-state index contributed by atoms with van der Waals surface area (Å²) in [4.78, 5) is 15.9. The van der Waals surface area contributed by atoms with E-state index in [1.54, 1.807) is 0 Å². The van der Waals surface area contributed by atoms with E-state index in [9.17, 15) is 4.79 Å². The molecule has 0 saturated carbocycles. The SMILES string of the molecule is COC(=O)c1c(-c2ccc(Cl)cc2)ccc2c1[nH]c1ccccc12. The Labute approximate surface area is 143 Å². The molecule has 1 N–H and O–H groups in total. The van der Waals surface area contributed by atoms with Gasteiger partial charge in [-0.05, 0) is 29.3 Å². The molecule has 0 saturated heterocycles. The summed E-state index contributed by atoms with van der Waals surface area (Å²) in [6, 6.07) is 19.4. The number of benzene rings is 3. The third-order valence-electron chi connectivity index (χ3n) is 4.23. The molecule has 24 heavy (non-hydrogen) atoms. The molecule has 4 heteroatoms. The topological polar surface area (TPSA) is 42.1 Å². The number of para-hydroxylation sites is 1. The fraction of sp³-hybridized carbons (Fsp3) is 0.0500. The van der Waals surface area contributed by atoms with Gasteiger partial charge in [0.2, 0.25) is 0 Å². The standard InChI is InChI=1S/C20H14ClNO2/c1-24-20(23)18-14(12-6-8-13(21)9-7-12)10-11-16-15-4-2-3-5-17(15)22-19(16)18/h2-11,22H,1H3. The normalized spacial score (nSPS) is 11.1. The summed E-state index contributed by atoms with van der Waals surface area (Å²) in [6.07, 6.45) is 0. The van der Waals surface area contributed by atoms with Crippen molar-refractivity contribution in [2.75, 3.05) is 7.11 Å². The number of methoxy groups -OCH3 is 1. The highest BCUT2D eigenvalue weighted by atomic mass is 35.5. The molecule has 3 nitrogen and oxygen atoms in total. The number of hydrogen-bond acceptors (Lipinski definition) is 2. The first-order valence-corrected chi connectivity index (χ1v) is 7.94. The molecule has 118 valence electrons. The van der Waals surface area contributed by atoms with E-state index in [4.69, 9.17) is 16.3 Å². The highest BCUT2D eigenvalue weighted by molar-refractivity contribution is 6.30. The van der Waals surface area contributed by atoms with Gasteiger partial charge in [-0.25, -0.2) is 4.79 Å². The van der Waals surface area contributed by atoms with Crippen molar-refractivity contribution in [3.8, 4) is 11.1 Å². The van der Waals surface area contributed by atoms with E-state index in [1.807, 2.05) is 60.7 Å². The molecule has 0 unspecified atom stereocenters. The van der Waals surface area contributed by atoms with Crippen LogP contribution in [0.2, 0.25) is 5.02 Å². The van der Waals surface area contributed by atoms with Gasteiger partial charge in [0, 0.05) is 21.3 Å². The number of nitrogens with one attached hydrogen (secondary N) is 1. The van der Waals surface area contributed by atoms with Gasteiger partial charge in [-0.1, -0.05) is 54.1 Å². The zero-order valence-corrected chi connectivity index (χ0v) is 13.7. The van der Waals surface area contributed by atoms with Crippen LogP contribution >= 0.6 is 11.6 Å². The van der Waals surface area contributed by atoms with Gasteiger partial charge < -0.3 is 9.72 Å². The van der Waals surface area contributed by atoms with Gasteiger partial charge in [0.25, 0.3) is 0 Å². The molecule has 0 radical (unpaired) electrons. The highest BCUT2D eigenvalue weighted by Gasteiger charge is 2.20. The predicted octanol–water partition coefficient (Wildman–Crippen LogP) is 5.43. The van der Waals surface area contributed by atoms with E-state index in [0.29, 0.717) is 10.6 Å². The molecule has 4 rings (SSSR count). The first-order valence-electron chi connectivity index (χ1n) is 7.56. The molecule has 0 aliphatic rings. The Morgan fingerprint density at radius 1 is 0.958 bits per heavy atom. The third-order valence-corrected chi connectivity index (χ3v) is 4.48. The third kappa shape index (κ3) is 2.25. The summed E-state index contributed by atoms with van der Waals surface area (Å²) in [6.45, 7) is 0. The number of carbonyl (C=O) groups excluding carboxylic acids is 1. The maximum Gasteiger partial charge on any atom is 0.340 e. The Morgan fingerprint density at radius 3 is 2.46 bits per heavy atom. The van der Waals surface area contributed by atoms with Crippen molar-refractivity contribution in [2.45, 2.75) is 0 Å². The number of ether oxygens (including phenoxy) is 1. The van der Waals surface area contributed by atoms with Crippen molar-refractivity contribution in [1.29, 1.82) is 0 Å². The average molecular weight is 336 g/mol. The van der Waals surface area contributed by atoms with Crippen LogP contribution in [0.5, 0.6) is 0 Å². The average Bonchev–Trinajstić information content (AvgIpc) is 2.99. The molecule has 0 aliphatic heterocycles. The highest BCUT2D eigenvalue weighted by Crippen LogP contribution is 2.34. The van der Waals surface area contributed by atoms with Crippen LogP contribution in [0.25, 0.3) is 32.9 Å². The van der Waals surface area contributed by atoms with E-state index in [-0.39, 0.29) is 5.97 Å². The lowest BCUT2D eigenvalue weighted by Crippen LogP contribution is -2.04. The van der Waals surface area contributed by atoms with Crippen molar-refractivity contribution < 1.29 is 9.53 Å². The molecule has 0 bridgehead atoms. The number of hydrogen-bond donors (Lipinski definition) is 1. The Kier molecular flexibility index (Phi) is 3.51. The summed E-state index contributed by atoms with van der Waals surface area (Å²) < 4.78 is 5.04. The van der Waals surface area contributed by atoms with Gasteiger partial charge in [0.15, 0.2) is 0 Å². The number of carbonyl (C=O) groups is 1. The molecule has 1 aromatic heterocycles. The first-order chi connectivity index (χ1) is 11.7. The lowest BCUT2D eigenvalue weighted by atomic mass is 9.97. The predicted molar refractivity (Wildman–Crippen MR) is 97.6 cm³/mol. The number of rotatable bonds is 2. The second kappa shape index (κ2) is 5.69. The summed E-state index contributed by atoms with van der Waals surface area (Å²) in [7, 11) is 1.40. The van der Waals surface area contributed by atoms with E-state index in [0.717, 1.165) is 32.9 Å². The van der Waals surface area contributed by atoms with Crippen molar-refractivity contribution in [1.82, 2.24) is 4.98 Å². The largest absolute Gasteiger partial charge is 0.465 e. The lowest BCUT2D eigenvalue weighted by Gasteiger charge is -2.10. The van der Waals surface area contributed by atoms with Gasteiger partial charge in [-0.3, -0.25) is 0 Å². The van der Waals surface area contributed by atoms with Gasteiger partial charge in [0.1, 0.15) is 0 Å². The molecule has 3 aromatic carbocycles. The van der Waals surface area contributed by atoms with Gasteiger partial charge >= 0.3 is 5.97 Å². The molecular weight excluding hydrogens is 322 g/mol. The van der Waals surface area contributed by atoms with E-state index >= 15 is 0 Å². The first kappa shape index (κ1) is 14.8. The van der Waals surface area contributed by atoms with Gasteiger partial charge in [0.05, 0.1) is 18.2 Å². The molecule has 0 fully saturated rings. The Morgan fingerprint density at radius 2 is 1.71 bits per heavy atom. The van der Waals surface area contributed by atoms with Crippen LogP contribution in [0.4, 0.5) is 0 Å². The molecule has 0 aliphatic carbocycles. The summed E-state index contributed by atoms with van der Waals surface area (Å²) in [5.41, 5.74) is 4.05. The Bertz CT molecular complexity index is 1060. The second-order valence-corrected chi connectivity index (χ2v) is 6.02. The zero-order chi connectivity index (χ0) is 16.7. The van der Waals surface area contributed by atoms with Crippen LogP contribution in [0.3, 0.4) is 0 Å². The van der Waals surface area contributed by atoms with Crippen molar-refractivity contribution in [2.24, 2.45) is 0 Å². The molecule has 0 spiro atoms. The van der Waals surface area contributed by atoms with Crippen molar-refractivity contribution in [3.05, 3.63) is 71.2 Å². The second-order valence-electron chi connectivity index (χ2n) is 5.58. The number of aromatic nitrogens is 1. The van der Waals surface area contributed by atoms with Gasteiger partial charge in [-0.2, -0.15) is 0 Å². The van der Waals surface area contributed by atoms with Crippen LogP contribution < -0.4 is 0 Å². The smallest absolute Gasteiger partial charge is 0.340 e. The lowest BCUT2D eigenvalue weighted by molar-refractivity contribution is 0.0603. The monoisotopic (exact) mass is 335 g/mol. The Balaban J connectivity index is 2.08. The molecule has 0 atom stereocenters. The maximum absolute atomic E-state index is 12.5. The van der Waals surface area contributed by atoms with E-state index < -0.39 is 0 Å². The molecular formula is C20H14ClNO2. The van der Waals surface area contributed by atoms with Crippen LogP contribution in [-0.4, -0.2) is 18.1 Å². The fourth-order valence-corrected chi connectivity index (χ4v) is 3.23. The summed E-state index contributed by atoms with van der Waals surface area (Å²) >= 11 is 5.98. The molecule has 1 heterocycles. The quantitative estimate of drug-likeness (QED) is 0.496. The zero-order valence-electron chi connectivity index (χ0n) is 13.0. The van der Waals surface area contributed by atoms with Crippen LogP contribution in [0.15, 0.2) is 60.7 Å². The van der Waals surface area contributed by atoms with Crippen LogP contribution in [-0.2, 0) is 4.74 Å². The van der Waals surface area contributed by atoms with E-state index in [2.05, 4.69) is 4.98 Å². The number of aromatic amines is 1. The minimum atomic E-state index is -0.364. The van der Waals surface area contributed by atoms with Crippen LogP contribution in [0.1, 0.15) is 10.4 Å². The number of esters is 1. The van der Waals surface area contributed by atoms with Crippen LogP contribution in [0, 0.1) is 0 Å². The maximum atomic E-state index is 12.5. The summed E-state index contributed by atoms with van der Waals surface area (Å²) in [5.74, 6) is -0.364. The minimum absolute atomic E-state index is 0.364. The van der Waals surface area contributed by atoms with E-state index in [1.165, 1.54) is 7.11 Å².